The van der Waals surface area contributed by atoms with Crippen molar-refractivity contribution in [3.05, 3.63) is 125 Å². The summed E-state index contributed by atoms with van der Waals surface area (Å²) >= 11 is 13.2. The lowest BCUT2D eigenvalue weighted by molar-refractivity contribution is 0.478. The number of aryl methyl sites for hydroxylation is 2. The Morgan fingerprint density at radius 3 is 1.51 bits per heavy atom. The highest BCUT2D eigenvalue weighted by atomic mass is 35.5. The Morgan fingerprint density at radius 1 is 0.698 bits per heavy atom. The first-order valence-corrected chi connectivity index (χ1v) is 14.0. The molecule has 0 spiro atoms. The summed E-state index contributed by atoms with van der Waals surface area (Å²) in [4.78, 5) is 34.5. The average Bonchev–Trinajstić information content (AvgIpc) is 2.95. The number of ether oxygens (including phenoxy) is 1. The van der Waals surface area contributed by atoms with Gasteiger partial charge in [-0.15, -0.1) is 0 Å². The van der Waals surface area contributed by atoms with Crippen LogP contribution in [0.25, 0.3) is 21.9 Å². The lowest BCUT2D eigenvalue weighted by atomic mass is 10.0. The number of hydrogen-bond acceptors (Lipinski definition) is 9. The SMILES string of the molecule is Cc1c(Cc2cccc(N)n2)c(=O)oc2cc(Oc3cc4oc(=O)c(Cc5cccc(N)n5)c(C)c4cc3Cl)c(Cl)cc12. The molecule has 216 valence electrons. The van der Waals surface area contributed by atoms with Gasteiger partial charge in [0.2, 0.25) is 0 Å². The van der Waals surface area contributed by atoms with Crippen molar-refractivity contribution in [1.82, 2.24) is 9.97 Å². The smallest absolute Gasteiger partial charge is 0.340 e. The van der Waals surface area contributed by atoms with E-state index in [2.05, 4.69) is 9.97 Å². The zero-order valence-electron chi connectivity index (χ0n) is 23.0. The second kappa shape index (κ2) is 11.1. The molecule has 0 fully saturated rings. The van der Waals surface area contributed by atoms with Gasteiger partial charge < -0.3 is 25.0 Å². The van der Waals surface area contributed by atoms with Crippen molar-refractivity contribution >= 4 is 56.8 Å². The number of benzene rings is 2. The van der Waals surface area contributed by atoms with E-state index in [4.69, 9.17) is 48.2 Å². The Balaban J connectivity index is 1.35. The molecule has 11 heteroatoms. The van der Waals surface area contributed by atoms with Gasteiger partial charge in [0.1, 0.15) is 34.3 Å². The van der Waals surface area contributed by atoms with Gasteiger partial charge in [0.25, 0.3) is 0 Å². The highest BCUT2D eigenvalue weighted by Crippen LogP contribution is 2.39. The lowest BCUT2D eigenvalue weighted by Crippen LogP contribution is -2.12. The van der Waals surface area contributed by atoms with Gasteiger partial charge in [0.05, 0.1) is 10.0 Å². The molecule has 0 bridgehead atoms. The van der Waals surface area contributed by atoms with Crippen molar-refractivity contribution in [1.29, 1.82) is 0 Å². The maximum atomic E-state index is 12.9. The molecule has 43 heavy (non-hydrogen) atoms. The molecular formula is C32H24Cl2N4O5. The van der Waals surface area contributed by atoms with E-state index in [0.29, 0.717) is 56.0 Å². The van der Waals surface area contributed by atoms with Crippen LogP contribution < -0.4 is 27.5 Å². The van der Waals surface area contributed by atoms with Gasteiger partial charge in [-0.05, 0) is 61.4 Å². The molecule has 0 amide bonds. The quantitative estimate of drug-likeness (QED) is 0.194. The molecule has 9 nitrogen and oxygen atoms in total. The molecule has 0 saturated heterocycles. The van der Waals surface area contributed by atoms with E-state index in [9.17, 15) is 9.59 Å². The molecule has 0 aliphatic rings. The molecule has 6 rings (SSSR count). The first-order chi connectivity index (χ1) is 20.6. The number of hydrogen-bond donors (Lipinski definition) is 2. The molecule has 2 aromatic carbocycles. The van der Waals surface area contributed by atoms with Crippen LogP contribution in [0, 0.1) is 13.8 Å². The molecule has 4 aromatic heterocycles. The van der Waals surface area contributed by atoms with Gasteiger partial charge in [-0.1, -0.05) is 35.3 Å². The van der Waals surface area contributed by atoms with Crippen molar-refractivity contribution in [3.8, 4) is 11.5 Å². The van der Waals surface area contributed by atoms with Crippen LogP contribution in [-0.2, 0) is 12.8 Å². The third-order valence-corrected chi connectivity index (χ3v) is 7.86. The number of aromatic nitrogens is 2. The fraction of sp³-hybridized carbons (Fsp3) is 0.125. The summed E-state index contributed by atoms with van der Waals surface area (Å²) in [7, 11) is 0. The van der Waals surface area contributed by atoms with Crippen LogP contribution in [0.4, 0.5) is 11.6 Å². The monoisotopic (exact) mass is 614 g/mol. The summed E-state index contributed by atoms with van der Waals surface area (Å²) < 4.78 is 17.4. The van der Waals surface area contributed by atoms with Crippen LogP contribution in [0.15, 0.2) is 79.1 Å². The first-order valence-electron chi connectivity index (χ1n) is 13.2. The van der Waals surface area contributed by atoms with Crippen LogP contribution in [0.1, 0.15) is 33.6 Å². The van der Waals surface area contributed by atoms with Crippen molar-refractivity contribution in [3.63, 3.8) is 0 Å². The van der Waals surface area contributed by atoms with Crippen LogP contribution >= 0.6 is 23.2 Å². The van der Waals surface area contributed by atoms with Gasteiger partial charge in [0.15, 0.2) is 0 Å². The molecule has 6 aromatic rings. The highest BCUT2D eigenvalue weighted by Gasteiger charge is 2.19. The van der Waals surface area contributed by atoms with Crippen molar-refractivity contribution in [2.24, 2.45) is 0 Å². The summed E-state index contributed by atoms with van der Waals surface area (Å²) in [6.07, 6.45) is 0.500. The molecule has 0 aliphatic heterocycles. The minimum Gasteiger partial charge on any atom is -0.454 e. The molecular weight excluding hydrogens is 591 g/mol. The second-order valence-corrected chi connectivity index (χ2v) is 10.9. The van der Waals surface area contributed by atoms with Crippen molar-refractivity contribution in [2.75, 3.05) is 11.5 Å². The maximum absolute atomic E-state index is 12.9. The Labute approximate surface area is 254 Å². The van der Waals surface area contributed by atoms with E-state index in [1.54, 1.807) is 48.5 Å². The average molecular weight is 615 g/mol. The Hall–Kier alpha value is -4.86. The summed E-state index contributed by atoms with van der Waals surface area (Å²) in [5.41, 5.74) is 14.7. The third kappa shape index (κ3) is 5.52. The zero-order chi connectivity index (χ0) is 30.4. The topological polar surface area (TPSA) is 147 Å². The predicted molar refractivity (Wildman–Crippen MR) is 167 cm³/mol. The minimum absolute atomic E-state index is 0.201. The number of halogens is 2. The van der Waals surface area contributed by atoms with E-state index < -0.39 is 11.3 Å². The van der Waals surface area contributed by atoms with E-state index in [0.717, 1.165) is 0 Å². The molecule has 0 aliphatic carbocycles. The summed E-state index contributed by atoms with van der Waals surface area (Å²) in [5, 5.41) is 1.81. The van der Waals surface area contributed by atoms with Crippen LogP contribution in [0.2, 0.25) is 10.0 Å². The number of nitrogens with zero attached hydrogens (tertiary/aromatic N) is 2. The zero-order valence-corrected chi connectivity index (χ0v) is 24.5. The minimum atomic E-state index is -0.507. The summed E-state index contributed by atoms with van der Waals surface area (Å²) in [6.45, 7) is 3.64. The fourth-order valence-electron chi connectivity index (χ4n) is 5.02. The number of anilines is 2. The first kappa shape index (κ1) is 28.3. The van der Waals surface area contributed by atoms with Crippen LogP contribution in [-0.4, -0.2) is 9.97 Å². The fourth-order valence-corrected chi connectivity index (χ4v) is 5.42. The molecule has 0 unspecified atom stereocenters. The Kier molecular flexibility index (Phi) is 7.29. The molecule has 4 N–H and O–H groups in total. The van der Waals surface area contributed by atoms with E-state index >= 15 is 0 Å². The van der Waals surface area contributed by atoms with Crippen molar-refractivity contribution in [2.45, 2.75) is 26.7 Å². The van der Waals surface area contributed by atoms with E-state index in [-0.39, 0.29) is 45.6 Å². The number of rotatable bonds is 6. The normalized spacial score (nSPS) is 11.3. The number of nitrogens with two attached hydrogens (primary N) is 2. The van der Waals surface area contributed by atoms with Gasteiger partial charge in [-0.2, -0.15) is 0 Å². The summed E-state index contributed by atoms with van der Waals surface area (Å²) in [5.74, 6) is 1.13. The Bertz CT molecular complexity index is 2040. The number of nitrogen functional groups attached to an aromatic ring is 2. The highest BCUT2D eigenvalue weighted by molar-refractivity contribution is 6.33. The van der Waals surface area contributed by atoms with Crippen LogP contribution in [0.3, 0.4) is 0 Å². The molecule has 0 saturated carbocycles. The largest absolute Gasteiger partial charge is 0.454 e. The summed E-state index contributed by atoms with van der Waals surface area (Å²) in [6, 6.07) is 16.9. The van der Waals surface area contributed by atoms with E-state index in [1.165, 1.54) is 12.1 Å². The van der Waals surface area contributed by atoms with Gasteiger partial charge in [-0.3, -0.25) is 0 Å². The standard InChI is InChI=1S/C32H24Cl2N4O5/c1-15-19-11-23(33)27(13-25(19)42-31(39)21(15)9-17-5-3-7-29(35)37-17)41-28-14-26-20(12-24(28)34)16(2)22(32(40)43-26)10-18-6-4-8-30(36)38-18/h3-8,11-14H,9-10H2,1-2H3,(H2,35,37)(H2,36,38). The van der Waals surface area contributed by atoms with Crippen LogP contribution in [0.5, 0.6) is 11.5 Å². The van der Waals surface area contributed by atoms with Gasteiger partial charge in [0, 0.05) is 58.3 Å². The number of pyridine rings is 2. The number of fused-ring (bicyclic) bond motifs is 2. The maximum Gasteiger partial charge on any atom is 0.340 e. The molecule has 4 heterocycles. The van der Waals surface area contributed by atoms with E-state index in [1.807, 2.05) is 13.8 Å². The molecule has 0 atom stereocenters. The van der Waals surface area contributed by atoms with Crippen molar-refractivity contribution < 1.29 is 13.6 Å². The van der Waals surface area contributed by atoms with Gasteiger partial charge in [-0.25, -0.2) is 19.6 Å². The second-order valence-electron chi connectivity index (χ2n) is 10.1. The van der Waals surface area contributed by atoms with Gasteiger partial charge >= 0.3 is 11.3 Å². The Morgan fingerprint density at radius 2 is 1.12 bits per heavy atom. The molecule has 0 radical (unpaired) electrons. The predicted octanol–water partition coefficient (Wildman–Crippen LogP) is 6.75. The lowest BCUT2D eigenvalue weighted by Gasteiger charge is -2.14. The third-order valence-electron chi connectivity index (χ3n) is 7.27.